The highest BCUT2D eigenvalue weighted by Crippen LogP contribution is 2.38. The van der Waals surface area contributed by atoms with Crippen LogP contribution in [0.3, 0.4) is 0 Å². The summed E-state index contributed by atoms with van der Waals surface area (Å²) in [6.07, 6.45) is 9.15. The van der Waals surface area contributed by atoms with Gasteiger partial charge in [0.2, 0.25) is 0 Å². The highest BCUT2D eigenvalue weighted by atomic mass is 16.5. The molecule has 4 rings (SSSR count). The number of furan rings is 1. The molecule has 2 aromatic carbocycles. The summed E-state index contributed by atoms with van der Waals surface area (Å²) in [4.78, 5) is 15.0. The third-order valence-electron chi connectivity index (χ3n) is 6.69. The molecule has 1 amide bonds. The number of rotatable bonds is 11. The van der Waals surface area contributed by atoms with Crippen LogP contribution in [0.4, 0.5) is 0 Å². The fourth-order valence-corrected chi connectivity index (χ4v) is 4.79. The summed E-state index contributed by atoms with van der Waals surface area (Å²) in [5.41, 5.74) is 1.42. The Labute approximate surface area is 207 Å². The molecule has 0 spiro atoms. The first-order valence-corrected chi connectivity index (χ1v) is 12.7. The fourth-order valence-electron chi connectivity index (χ4n) is 4.79. The lowest BCUT2D eigenvalue weighted by atomic mass is 10.0. The molecule has 0 aliphatic heterocycles. The predicted molar refractivity (Wildman–Crippen MR) is 135 cm³/mol. The van der Waals surface area contributed by atoms with Gasteiger partial charge in [-0.1, -0.05) is 63.3 Å². The van der Waals surface area contributed by atoms with Crippen LogP contribution in [0.2, 0.25) is 0 Å². The summed E-state index contributed by atoms with van der Waals surface area (Å²) >= 11 is 0. The average molecular weight is 478 g/mol. The lowest BCUT2D eigenvalue weighted by molar-refractivity contribution is -0.266. The first-order chi connectivity index (χ1) is 17.0. The molecule has 186 valence electrons. The van der Waals surface area contributed by atoms with Crippen molar-refractivity contribution in [3.05, 3.63) is 78.1 Å². The van der Waals surface area contributed by atoms with Crippen LogP contribution in [0.1, 0.15) is 74.2 Å². The molecule has 0 saturated heterocycles. The van der Waals surface area contributed by atoms with Crippen molar-refractivity contribution < 1.29 is 24.2 Å². The molecular weight excluding hydrogens is 442 g/mol. The smallest absolute Gasteiger partial charge is 0.281 e. The minimum atomic E-state index is -2.51. The summed E-state index contributed by atoms with van der Waals surface area (Å²) in [6, 6.07) is 17.3. The Bertz CT molecular complexity index is 1070. The summed E-state index contributed by atoms with van der Waals surface area (Å²) in [5, 5.41) is 23.1. The van der Waals surface area contributed by atoms with Gasteiger partial charge in [0, 0.05) is 17.2 Å². The lowest BCUT2D eigenvalue weighted by Crippen LogP contribution is -2.54. The van der Waals surface area contributed by atoms with Gasteiger partial charge in [-0.15, -0.1) is 0 Å². The van der Waals surface area contributed by atoms with E-state index in [0.717, 1.165) is 56.9 Å². The van der Waals surface area contributed by atoms with Crippen LogP contribution in [0.15, 0.2) is 71.3 Å². The van der Waals surface area contributed by atoms with Gasteiger partial charge in [-0.2, -0.15) is 0 Å². The van der Waals surface area contributed by atoms with E-state index in [1.165, 1.54) is 4.90 Å². The zero-order valence-electron chi connectivity index (χ0n) is 20.4. The number of hydrogen-bond acceptors (Lipinski definition) is 5. The van der Waals surface area contributed by atoms with E-state index in [1.54, 1.807) is 42.7 Å². The Hall–Kier alpha value is -3.09. The van der Waals surface area contributed by atoms with Crippen molar-refractivity contribution >= 4 is 5.91 Å². The quantitative estimate of drug-likeness (QED) is 0.258. The molecule has 0 atom stereocenters. The second kappa shape index (κ2) is 11.6. The Morgan fingerprint density at radius 1 is 1.00 bits per heavy atom. The van der Waals surface area contributed by atoms with Gasteiger partial charge in [-0.3, -0.25) is 9.69 Å². The number of nitrogens with zero attached hydrogens (tertiary/aromatic N) is 1. The van der Waals surface area contributed by atoms with Gasteiger partial charge in [-0.05, 0) is 55.7 Å². The lowest BCUT2D eigenvalue weighted by Gasteiger charge is -2.40. The number of carbonyl (C=O) groups is 1. The molecule has 1 aliphatic rings. The number of aliphatic hydroxyl groups is 2. The summed E-state index contributed by atoms with van der Waals surface area (Å²) in [6.45, 7) is 2.64. The van der Waals surface area contributed by atoms with Gasteiger partial charge in [0.05, 0.1) is 18.4 Å². The highest BCUT2D eigenvalue weighted by molar-refractivity contribution is 5.95. The number of benzene rings is 2. The Morgan fingerprint density at radius 2 is 1.74 bits per heavy atom. The first kappa shape index (κ1) is 25.0. The molecule has 1 aliphatic carbocycles. The molecule has 0 radical (unpaired) electrons. The van der Waals surface area contributed by atoms with Crippen molar-refractivity contribution in [2.24, 2.45) is 0 Å². The zero-order valence-corrected chi connectivity index (χ0v) is 20.4. The minimum absolute atomic E-state index is 0.183. The second-order valence-corrected chi connectivity index (χ2v) is 9.21. The fraction of sp³-hybridized carbons (Fsp3) is 0.414. The maximum atomic E-state index is 13.7. The Kier molecular flexibility index (Phi) is 8.26. The van der Waals surface area contributed by atoms with Gasteiger partial charge in [0.1, 0.15) is 11.5 Å². The van der Waals surface area contributed by atoms with E-state index in [1.807, 2.05) is 24.3 Å². The van der Waals surface area contributed by atoms with Crippen molar-refractivity contribution in [2.45, 2.75) is 70.2 Å². The summed E-state index contributed by atoms with van der Waals surface area (Å²) in [7, 11) is 0. The van der Waals surface area contributed by atoms with Gasteiger partial charge >= 0.3 is 0 Å². The van der Waals surface area contributed by atoms with Crippen molar-refractivity contribution in [2.75, 3.05) is 6.61 Å². The van der Waals surface area contributed by atoms with Crippen molar-refractivity contribution in [1.29, 1.82) is 0 Å². The zero-order chi connectivity index (χ0) is 24.7. The maximum absolute atomic E-state index is 13.7. The molecular formula is C29H35NO5. The third kappa shape index (κ3) is 5.77. The molecule has 1 heterocycles. The summed E-state index contributed by atoms with van der Waals surface area (Å²) < 4.78 is 11.4. The molecule has 35 heavy (non-hydrogen) atoms. The monoisotopic (exact) mass is 477 g/mol. The van der Waals surface area contributed by atoms with E-state index in [9.17, 15) is 15.0 Å². The van der Waals surface area contributed by atoms with Gasteiger partial charge < -0.3 is 19.4 Å². The first-order valence-electron chi connectivity index (χ1n) is 12.7. The number of ether oxygens (including phenoxy) is 1. The number of amides is 1. The molecule has 6 nitrogen and oxygen atoms in total. The van der Waals surface area contributed by atoms with E-state index in [2.05, 4.69) is 6.92 Å². The van der Waals surface area contributed by atoms with Crippen LogP contribution in [0, 0.1) is 0 Å². The molecule has 1 fully saturated rings. The van der Waals surface area contributed by atoms with E-state index < -0.39 is 11.8 Å². The summed E-state index contributed by atoms with van der Waals surface area (Å²) in [5.74, 6) is -1.84. The van der Waals surface area contributed by atoms with Gasteiger partial charge in [0.15, 0.2) is 0 Å². The van der Waals surface area contributed by atoms with Crippen LogP contribution in [0.25, 0.3) is 11.3 Å². The largest absolute Gasteiger partial charge is 0.493 e. The van der Waals surface area contributed by atoms with Crippen molar-refractivity contribution in [3.63, 3.8) is 0 Å². The van der Waals surface area contributed by atoms with Crippen LogP contribution in [0.5, 0.6) is 5.75 Å². The molecule has 0 bridgehead atoms. The topological polar surface area (TPSA) is 83.1 Å². The van der Waals surface area contributed by atoms with Gasteiger partial charge in [0.25, 0.3) is 11.8 Å². The highest BCUT2D eigenvalue weighted by Gasteiger charge is 2.45. The molecule has 1 saturated carbocycles. The number of unbranched alkanes of at least 4 members (excludes halogenated alkanes) is 3. The number of para-hydroxylation sites is 1. The van der Waals surface area contributed by atoms with E-state index in [0.29, 0.717) is 23.7 Å². The number of hydrogen-bond donors (Lipinski definition) is 2. The molecule has 2 N–H and O–H groups in total. The van der Waals surface area contributed by atoms with Crippen LogP contribution < -0.4 is 4.74 Å². The van der Waals surface area contributed by atoms with E-state index in [4.69, 9.17) is 9.15 Å². The normalized spacial score (nSPS) is 14.3. The Balaban J connectivity index is 1.61. The minimum Gasteiger partial charge on any atom is -0.493 e. The van der Waals surface area contributed by atoms with Crippen molar-refractivity contribution in [3.8, 4) is 17.1 Å². The molecule has 6 heteroatoms. The third-order valence-corrected chi connectivity index (χ3v) is 6.69. The standard InChI is InChI=1S/C29H35NO5/c1-2-3-4-9-20-35-27-14-8-7-13-25(27)29(32,33)30(24-11-5-6-12-24)28(31)23-18-16-22(17-19-23)26-15-10-21-34-26/h7-8,10,13-19,21,24,32-33H,2-6,9,11-12,20H2,1H3. The predicted octanol–water partition coefficient (Wildman–Crippen LogP) is 6.09. The van der Waals surface area contributed by atoms with Crippen LogP contribution >= 0.6 is 0 Å². The van der Waals surface area contributed by atoms with E-state index in [-0.39, 0.29) is 11.6 Å². The number of carbonyl (C=O) groups excluding carboxylic acids is 1. The molecule has 1 aromatic heterocycles. The molecule has 0 unspecified atom stereocenters. The average Bonchev–Trinajstić information content (AvgIpc) is 3.59. The molecule has 3 aromatic rings. The second-order valence-electron chi connectivity index (χ2n) is 9.21. The van der Waals surface area contributed by atoms with Gasteiger partial charge in [-0.25, -0.2) is 0 Å². The van der Waals surface area contributed by atoms with Crippen LogP contribution in [-0.2, 0) is 5.91 Å². The SMILES string of the molecule is CCCCCCOc1ccccc1C(O)(O)N(C(=O)c1ccc(-c2ccco2)cc1)C1CCCC1. The van der Waals surface area contributed by atoms with Crippen molar-refractivity contribution in [1.82, 2.24) is 4.90 Å². The maximum Gasteiger partial charge on any atom is 0.281 e. The van der Waals surface area contributed by atoms with Crippen LogP contribution in [-0.4, -0.2) is 33.7 Å². The van der Waals surface area contributed by atoms with E-state index >= 15 is 0 Å². The Morgan fingerprint density at radius 3 is 2.43 bits per heavy atom.